The molecule has 3 aliphatic carbocycles. The molecule has 1 spiro atoms. The summed E-state index contributed by atoms with van der Waals surface area (Å²) in [5.41, 5.74) is -1.73. The first-order valence-corrected chi connectivity index (χ1v) is 12.4. The van der Waals surface area contributed by atoms with Crippen LogP contribution in [0.5, 0.6) is 0 Å². The molecule has 3 fully saturated rings. The van der Waals surface area contributed by atoms with Gasteiger partial charge in [0, 0.05) is 0 Å². The van der Waals surface area contributed by atoms with E-state index in [1.54, 1.807) is 13.8 Å². The fourth-order valence-corrected chi connectivity index (χ4v) is 7.37. The lowest BCUT2D eigenvalue weighted by Crippen LogP contribution is -2.52. The Morgan fingerprint density at radius 2 is 1.07 bits per heavy atom. The Hall–Kier alpha value is -2.43. The molecule has 0 N–H and O–H groups in total. The van der Waals surface area contributed by atoms with E-state index < -0.39 is 77.7 Å². The molecule has 0 aromatic rings. The first-order chi connectivity index (χ1) is 18.5. The lowest BCUT2D eigenvalue weighted by atomic mass is 9.68. The van der Waals surface area contributed by atoms with Gasteiger partial charge in [-0.05, 0) is 46.8 Å². The molecule has 5 atom stereocenters. The number of hydrogen-bond acceptors (Lipinski definition) is 6. The van der Waals surface area contributed by atoms with Crippen molar-refractivity contribution < 1.29 is 81.3 Å². The summed E-state index contributed by atoms with van der Waals surface area (Å²) in [7, 11) is 0. The number of rotatable bonds is 6. The summed E-state index contributed by atoms with van der Waals surface area (Å²) in [6, 6.07) is 0. The average molecular weight is 638 g/mol. The van der Waals surface area contributed by atoms with Gasteiger partial charge < -0.3 is 14.2 Å². The van der Waals surface area contributed by atoms with Crippen molar-refractivity contribution in [1.29, 1.82) is 0 Å². The standard InChI is InChI=1S/C24H26F12O6/c1-18(2,3)10-8-6-9(20(7-8)12(10)19(20,4)5)13(37)40-11(14(38)41-16(21(25,26)27)22(28,29)30)15(39)42-17(23(31,32)33)24(34,35)36/h8-12,16-17H,6-7H2,1-5H3. The van der Waals surface area contributed by atoms with Crippen LogP contribution in [0.2, 0.25) is 0 Å². The van der Waals surface area contributed by atoms with Gasteiger partial charge in [0.25, 0.3) is 18.3 Å². The maximum absolute atomic E-state index is 13.2. The van der Waals surface area contributed by atoms with Gasteiger partial charge in [-0.25, -0.2) is 9.59 Å². The van der Waals surface area contributed by atoms with Crippen molar-refractivity contribution in [3.05, 3.63) is 0 Å². The van der Waals surface area contributed by atoms with Crippen molar-refractivity contribution in [2.45, 2.75) is 90.5 Å². The van der Waals surface area contributed by atoms with Gasteiger partial charge in [0.1, 0.15) is 0 Å². The van der Waals surface area contributed by atoms with Crippen molar-refractivity contribution in [3.63, 3.8) is 0 Å². The Bertz CT molecular complexity index is 1030. The van der Waals surface area contributed by atoms with Crippen LogP contribution in [0.15, 0.2) is 0 Å². The van der Waals surface area contributed by atoms with Gasteiger partial charge in [0.05, 0.1) is 5.92 Å². The number of hydrogen-bond donors (Lipinski definition) is 0. The summed E-state index contributed by atoms with van der Waals surface area (Å²) >= 11 is 0. The second kappa shape index (κ2) is 9.79. The highest BCUT2D eigenvalue weighted by Crippen LogP contribution is 2.88. The fourth-order valence-electron chi connectivity index (χ4n) is 7.37. The second-order valence-corrected chi connectivity index (χ2v) is 12.5. The van der Waals surface area contributed by atoms with E-state index >= 15 is 0 Å². The lowest BCUT2D eigenvalue weighted by Gasteiger charge is -2.37. The van der Waals surface area contributed by atoms with Crippen LogP contribution in [0, 0.1) is 39.9 Å². The molecule has 5 unspecified atom stereocenters. The third-order valence-electron chi connectivity index (χ3n) is 8.68. The molecule has 42 heavy (non-hydrogen) atoms. The Labute approximate surface area is 230 Å². The Balaban J connectivity index is 1.94. The third kappa shape index (κ3) is 5.74. The van der Waals surface area contributed by atoms with Crippen molar-refractivity contribution in [3.8, 4) is 0 Å². The summed E-state index contributed by atoms with van der Waals surface area (Å²) < 4.78 is 166. The van der Waals surface area contributed by atoms with E-state index in [9.17, 15) is 67.1 Å². The molecule has 0 aromatic carbocycles. The minimum Gasteiger partial charge on any atom is -0.440 e. The maximum Gasteiger partial charge on any atom is 0.434 e. The van der Waals surface area contributed by atoms with Gasteiger partial charge >= 0.3 is 42.6 Å². The first-order valence-electron chi connectivity index (χ1n) is 12.4. The molecule has 242 valence electrons. The second-order valence-electron chi connectivity index (χ2n) is 12.5. The summed E-state index contributed by atoms with van der Waals surface area (Å²) in [5, 5.41) is 0. The fraction of sp³-hybridized carbons (Fsp3) is 0.875. The maximum atomic E-state index is 13.2. The molecular weight excluding hydrogens is 612 g/mol. The summed E-state index contributed by atoms with van der Waals surface area (Å²) in [6.07, 6.45) is -38.8. The van der Waals surface area contributed by atoms with E-state index in [1.807, 2.05) is 20.8 Å². The Kier molecular flexibility index (Phi) is 7.94. The van der Waals surface area contributed by atoms with Gasteiger partial charge in [0.15, 0.2) is 0 Å². The van der Waals surface area contributed by atoms with E-state index in [2.05, 4.69) is 14.2 Å². The normalized spacial score (nSPS) is 29.1. The Morgan fingerprint density at radius 1 is 0.690 bits per heavy atom. The number of alkyl halides is 12. The topological polar surface area (TPSA) is 78.9 Å². The average Bonchev–Trinajstić information content (AvgIpc) is 3.09. The van der Waals surface area contributed by atoms with Gasteiger partial charge in [-0.2, -0.15) is 52.7 Å². The SMILES string of the molecule is CC(C)(C)C1C2CC(C(=O)OC(C(=O)OC(C(F)(F)F)C(F)(F)F)C(=O)OC(C(F)(F)F)C(F)(F)F)C3(C2)C1C3(C)C. The van der Waals surface area contributed by atoms with Crippen LogP contribution in [0.4, 0.5) is 52.7 Å². The van der Waals surface area contributed by atoms with Gasteiger partial charge in [-0.1, -0.05) is 34.6 Å². The number of fused-ring (bicyclic) bond motifs is 1. The first kappa shape index (κ1) is 34.1. The van der Waals surface area contributed by atoms with E-state index in [4.69, 9.17) is 0 Å². The zero-order chi connectivity index (χ0) is 32.8. The molecule has 6 nitrogen and oxygen atoms in total. The van der Waals surface area contributed by atoms with E-state index in [0.29, 0.717) is 6.42 Å². The molecule has 3 aliphatic rings. The summed E-state index contributed by atoms with van der Waals surface area (Å²) in [6.45, 7) is 9.35. The monoisotopic (exact) mass is 638 g/mol. The minimum atomic E-state index is -6.39. The van der Waals surface area contributed by atoms with Crippen LogP contribution >= 0.6 is 0 Å². The summed E-state index contributed by atoms with van der Waals surface area (Å²) in [5.74, 6) is -9.17. The van der Waals surface area contributed by atoms with Crippen molar-refractivity contribution in [2.24, 2.45) is 39.9 Å². The number of ether oxygens (including phenoxy) is 3. The predicted octanol–water partition coefficient (Wildman–Crippen LogP) is 6.32. The van der Waals surface area contributed by atoms with Crippen LogP contribution in [0.3, 0.4) is 0 Å². The number of carbonyl (C=O) groups is 3. The molecular formula is C24H26F12O6. The number of carbonyl (C=O) groups excluding carboxylic acids is 3. The van der Waals surface area contributed by atoms with Crippen LogP contribution in [-0.4, -0.2) is 60.9 Å². The highest BCUT2D eigenvalue weighted by molar-refractivity contribution is 6.00. The molecule has 0 heterocycles. The molecule has 0 amide bonds. The van der Waals surface area contributed by atoms with Crippen LogP contribution in [0.25, 0.3) is 0 Å². The Morgan fingerprint density at radius 3 is 1.40 bits per heavy atom. The smallest absolute Gasteiger partial charge is 0.434 e. The van der Waals surface area contributed by atoms with Crippen LogP contribution in [-0.2, 0) is 28.6 Å². The molecule has 0 aromatic heterocycles. The number of halogens is 12. The van der Waals surface area contributed by atoms with Crippen molar-refractivity contribution in [1.82, 2.24) is 0 Å². The zero-order valence-electron chi connectivity index (χ0n) is 22.4. The number of esters is 3. The minimum absolute atomic E-state index is 0.0129. The van der Waals surface area contributed by atoms with Crippen molar-refractivity contribution >= 4 is 17.9 Å². The lowest BCUT2D eigenvalue weighted by molar-refractivity contribution is -0.319. The molecule has 2 bridgehead atoms. The molecule has 0 aliphatic heterocycles. The molecule has 0 saturated heterocycles. The van der Waals surface area contributed by atoms with Crippen LogP contribution in [0.1, 0.15) is 47.5 Å². The highest BCUT2D eigenvalue weighted by Gasteiger charge is 2.85. The third-order valence-corrected chi connectivity index (χ3v) is 8.68. The molecule has 3 saturated carbocycles. The quantitative estimate of drug-likeness (QED) is 0.147. The van der Waals surface area contributed by atoms with E-state index in [1.165, 1.54) is 0 Å². The largest absolute Gasteiger partial charge is 0.440 e. The van der Waals surface area contributed by atoms with E-state index in [-0.39, 0.29) is 29.6 Å². The van der Waals surface area contributed by atoms with Gasteiger partial charge in [-0.3, -0.25) is 4.79 Å². The van der Waals surface area contributed by atoms with Gasteiger partial charge in [0.2, 0.25) is 0 Å². The van der Waals surface area contributed by atoms with E-state index in [0.717, 1.165) is 0 Å². The van der Waals surface area contributed by atoms with Crippen LogP contribution < -0.4 is 0 Å². The van der Waals surface area contributed by atoms with Gasteiger partial charge in [-0.15, -0.1) is 0 Å². The van der Waals surface area contributed by atoms with Crippen molar-refractivity contribution in [2.75, 3.05) is 0 Å². The predicted molar refractivity (Wildman–Crippen MR) is 113 cm³/mol. The zero-order valence-corrected chi connectivity index (χ0v) is 22.4. The summed E-state index contributed by atoms with van der Waals surface area (Å²) in [4.78, 5) is 37.8. The highest BCUT2D eigenvalue weighted by atomic mass is 19.4. The molecule has 0 radical (unpaired) electrons. The molecule has 18 heteroatoms. The molecule has 3 rings (SSSR count).